The van der Waals surface area contributed by atoms with Crippen molar-refractivity contribution in [2.75, 3.05) is 4.90 Å². The molecule has 0 saturated heterocycles. The first-order valence-electron chi connectivity index (χ1n) is 18.7. The van der Waals surface area contributed by atoms with Gasteiger partial charge >= 0.3 is 0 Å². The summed E-state index contributed by atoms with van der Waals surface area (Å²) in [5.74, 6) is 0. The van der Waals surface area contributed by atoms with Gasteiger partial charge in [-0.05, 0) is 87.6 Å². The highest BCUT2D eigenvalue weighted by atomic mass is 16.3. The normalized spacial score (nSPS) is 11.6. The third kappa shape index (κ3) is 5.20. The predicted octanol–water partition coefficient (Wildman–Crippen LogP) is 15.1. The molecular weight excluding hydrogens is 671 g/mol. The van der Waals surface area contributed by atoms with Crippen LogP contribution in [0, 0.1) is 0 Å². The topological polar surface area (TPSA) is 29.5 Å². The summed E-state index contributed by atoms with van der Waals surface area (Å²) in [5, 5.41) is 6.90. The van der Waals surface area contributed by atoms with Crippen molar-refractivity contribution in [3.8, 4) is 33.4 Å². The fourth-order valence-corrected chi connectivity index (χ4v) is 8.25. The van der Waals surface area contributed by atoms with Crippen LogP contribution in [0.3, 0.4) is 0 Å². The van der Waals surface area contributed by atoms with Gasteiger partial charge in [0.15, 0.2) is 0 Å². The lowest BCUT2D eigenvalue weighted by Crippen LogP contribution is -2.11. The third-order valence-electron chi connectivity index (χ3n) is 10.9. The van der Waals surface area contributed by atoms with Gasteiger partial charge in [-0.3, -0.25) is 0 Å². The van der Waals surface area contributed by atoms with E-state index < -0.39 is 0 Å². The van der Waals surface area contributed by atoms with Crippen molar-refractivity contribution in [2.24, 2.45) is 0 Å². The molecule has 11 rings (SSSR count). The second-order valence-corrected chi connectivity index (χ2v) is 14.1. The molecule has 0 radical (unpaired) electrons. The molecule has 2 aromatic heterocycles. The van der Waals surface area contributed by atoms with Gasteiger partial charge in [-0.1, -0.05) is 146 Å². The maximum atomic E-state index is 6.43. The smallest absolute Gasteiger partial charge is 0.143 e. The lowest BCUT2D eigenvalue weighted by molar-refractivity contribution is 0.669. The van der Waals surface area contributed by atoms with Crippen LogP contribution in [0.2, 0.25) is 0 Å². The van der Waals surface area contributed by atoms with E-state index in [4.69, 9.17) is 8.83 Å². The summed E-state index contributed by atoms with van der Waals surface area (Å²) in [6.07, 6.45) is 0. The average Bonchev–Trinajstić information content (AvgIpc) is 3.84. The molecule has 0 fully saturated rings. The minimum atomic E-state index is 0.901. The van der Waals surface area contributed by atoms with Gasteiger partial charge in [0.2, 0.25) is 0 Å². The number of para-hydroxylation sites is 4. The van der Waals surface area contributed by atoms with Crippen molar-refractivity contribution in [1.82, 2.24) is 0 Å². The Hall–Kier alpha value is -7.36. The van der Waals surface area contributed by atoms with E-state index in [2.05, 4.69) is 181 Å². The molecule has 55 heavy (non-hydrogen) atoms. The van der Waals surface area contributed by atoms with Gasteiger partial charge in [0, 0.05) is 44.0 Å². The molecule has 0 unspecified atom stereocenters. The summed E-state index contributed by atoms with van der Waals surface area (Å²) < 4.78 is 12.7. The Morgan fingerprint density at radius 1 is 0.327 bits per heavy atom. The van der Waals surface area contributed by atoms with Crippen LogP contribution in [0.15, 0.2) is 209 Å². The molecule has 0 aliphatic heterocycles. The van der Waals surface area contributed by atoms with Crippen LogP contribution in [0.5, 0.6) is 0 Å². The predicted molar refractivity (Wildman–Crippen MR) is 229 cm³/mol. The molecule has 0 aliphatic carbocycles. The van der Waals surface area contributed by atoms with E-state index in [1.54, 1.807) is 0 Å². The number of hydrogen-bond donors (Lipinski definition) is 0. The van der Waals surface area contributed by atoms with E-state index >= 15 is 0 Å². The van der Waals surface area contributed by atoms with Crippen LogP contribution in [0.25, 0.3) is 88.0 Å². The first kappa shape index (κ1) is 31.2. The number of fused-ring (bicyclic) bond motifs is 8. The quantitative estimate of drug-likeness (QED) is 0.173. The summed E-state index contributed by atoms with van der Waals surface area (Å²) in [6.45, 7) is 0. The van der Waals surface area contributed by atoms with Crippen LogP contribution in [-0.2, 0) is 0 Å². The van der Waals surface area contributed by atoms with Crippen molar-refractivity contribution >= 4 is 71.7 Å². The molecule has 0 atom stereocenters. The third-order valence-corrected chi connectivity index (χ3v) is 10.9. The molecule has 11 aromatic rings. The van der Waals surface area contributed by atoms with Gasteiger partial charge in [0.05, 0.1) is 5.69 Å². The second-order valence-electron chi connectivity index (χ2n) is 14.1. The van der Waals surface area contributed by atoms with Crippen LogP contribution < -0.4 is 4.90 Å². The van der Waals surface area contributed by atoms with Crippen LogP contribution in [-0.4, -0.2) is 0 Å². The van der Waals surface area contributed by atoms with Crippen molar-refractivity contribution in [2.45, 2.75) is 0 Å². The van der Waals surface area contributed by atoms with Gasteiger partial charge in [-0.15, -0.1) is 0 Å². The van der Waals surface area contributed by atoms with Crippen LogP contribution in [0.1, 0.15) is 0 Å². The molecule has 2 heterocycles. The van der Waals surface area contributed by atoms with Gasteiger partial charge in [-0.25, -0.2) is 0 Å². The Morgan fingerprint density at radius 3 is 1.71 bits per heavy atom. The van der Waals surface area contributed by atoms with E-state index in [9.17, 15) is 0 Å². The van der Waals surface area contributed by atoms with Crippen LogP contribution in [0.4, 0.5) is 17.1 Å². The fraction of sp³-hybridized carbons (Fsp3) is 0. The van der Waals surface area contributed by atoms with E-state index in [1.807, 2.05) is 24.3 Å². The first-order chi connectivity index (χ1) is 27.3. The largest absolute Gasteiger partial charge is 0.456 e. The molecule has 0 amide bonds. The fourth-order valence-electron chi connectivity index (χ4n) is 8.25. The lowest BCUT2D eigenvalue weighted by atomic mass is 9.96. The number of hydrogen-bond acceptors (Lipinski definition) is 3. The van der Waals surface area contributed by atoms with Gasteiger partial charge in [0.25, 0.3) is 0 Å². The molecule has 0 aliphatic rings. The zero-order valence-electron chi connectivity index (χ0n) is 29.8. The Morgan fingerprint density at radius 2 is 0.909 bits per heavy atom. The van der Waals surface area contributed by atoms with Crippen molar-refractivity contribution in [3.05, 3.63) is 200 Å². The zero-order valence-corrected chi connectivity index (χ0v) is 29.8. The SMILES string of the molecule is c1ccc(-c2ccc(N(c3ccc(-c4cccc5c4oc4ccccc45)cc3)c3ccccc3-c3ccc4ccc5oc6ccccc6c5c4c3)cc2)cc1. The molecule has 0 N–H and O–H groups in total. The molecule has 3 nitrogen and oxygen atoms in total. The molecule has 258 valence electrons. The lowest BCUT2D eigenvalue weighted by Gasteiger charge is -2.28. The summed E-state index contributed by atoms with van der Waals surface area (Å²) >= 11 is 0. The summed E-state index contributed by atoms with van der Waals surface area (Å²) in [4.78, 5) is 2.37. The Labute approximate surface area is 317 Å². The summed E-state index contributed by atoms with van der Waals surface area (Å²) in [6, 6.07) is 71.0. The second kappa shape index (κ2) is 12.6. The van der Waals surface area contributed by atoms with Crippen molar-refractivity contribution < 1.29 is 8.83 Å². The zero-order chi connectivity index (χ0) is 36.3. The van der Waals surface area contributed by atoms with E-state index in [0.29, 0.717) is 0 Å². The van der Waals surface area contributed by atoms with Crippen LogP contribution >= 0.6 is 0 Å². The Kier molecular flexibility index (Phi) is 7.17. The minimum absolute atomic E-state index is 0.901. The van der Waals surface area contributed by atoms with Gasteiger partial charge in [0.1, 0.15) is 22.3 Å². The van der Waals surface area contributed by atoms with Crippen molar-refractivity contribution in [1.29, 1.82) is 0 Å². The minimum Gasteiger partial charge on any atom is -0.456 e. The maximum absolute atomic E-state index is 6.43. The van der Waals surface area contributed by atoms with Crippen molar-refractivity contribution in [3.63, 3.8) is 0 Å². The first-order valence-corrected chi connectivity index (χ1v) is 18.7. The van der Waals surface area contributed by atoms with E-state index in [1.165, 1.54) is 21.9 Å². The monoisotopic (exact) mass is 703 g/mol. The standard InChI is InChI=1S/C52H33NO2/c1-2-11-34(12-3-1)35-23-28-39(29-24-35)53(40-30-25-36(26-31-40)42-16-10-17-44-43-14-5-8-19-48(43)55-52(42)44)47-18-7-4-13-41(47)38-22-21-37-27-32-50-51(46(37)33-38)45-15-6-9-20-49(45)54-50/h1-33H. The highest BCUT2D eigenvalue weighted by molar-refractivity contribution is 6.19. The summed E-state index contributed by atoms with van der Waals surface area (Å²) in [5.41, 5.74) is 13.7. The summed E-state index contributed by atoms with van der Waals surface area (Å²) in [7, 11) is 0. The highest BCUT2D eigenvalue weighted by Crippen LogP contribution is 2.44. The maximum Gasteiger partial charge on any atom is 0.143 e. The van der Waals surface area contributed by atoms with E-state index in [-0.39, 0.29) is 0 Å². The van der Waals surface area contributed by atoms with Gasteiger partial charge in [-0.2, -0.15) is 0 Å². The number of nitrogens with zero attached hydrogens (tertiary/aromatic N) is 1. The number of benzene rings is 9. The number of rotatable bonds is 6. The number of furan rings is 2. The Bertz CT molecular complexity index is 3190. The van der Waals surface area contributed by atoms with E-state index in [0.717, 1.165) is 83.2 Å². The molecule has 0 spiro atoms. The number of anilines is 3. The molecule has 9 aromatic carbocycles. The Balaban J connectivity index is 1.07. The highest BCUT2D eigenvalue weighted by Gasteiger charge is 2.20. The molecular formula is C52H33NO2. The molecule has 3 heteroatoms. The molecule has 0 bridgehead atoms. The average molecular weight is 704 g/mol. The molecule has 0 saturated carbocycles. The van der Waals surface area contributed by atoms with Gasteiger partial charge < -0.3 is 13.7 Å².